The van der Waals surface area contributed by atoms with Crippen LogP contribution in [0.15, 0.2) is 60.0 Å². The molecule has 1 unspecified atom stereocenters. The van der Waals surface area contributed by atoms with Crippen LogP contribution in [0.3, 0.4) is 0 Å². The van der Waals surface area contributed by atoms with Gasteiger partial charge in [0.2, 0.25) is 6.29 Å². The maximum absolute atomic E-state index is 12.5. The van der Waals surface area contributed by atoms with E-state index in [1.807, 2.05) is 35.4 Å². The standard InChI is InChI=1S/C18H16FN5O2/c19-6-8-26-13-9-12(10-20-11-13)21-17(25)15-5-7-24-16-4-2-1-3-14(16)22-18(24)23-15/h1-5,7,9-11,18,22H,6,8H2,(H,21,25). The number of pyridine rings is 1. The minimum atomic E-state index is -0.592. The first-order valence-electron chi connectivity index (χ1n) is 8.10. The number of carbonyl (C=O) groups excluding carboxylic acids is 1. The average Bonchev–Trinajstić information content (AvgIpc) is 3.04. The zero-order chi connectivity index (χ0) is 17.9. The number of benzene rings is 1. The summed E-state index contributed by atoms with van der Waals surface area (Å²) in [6.45, 7) is -0.649. The van der Waals surface area contributed by atoms with Gasteiger partial charge in [-0.15, -0.1) is 0 Å². The van der Waals surface area contributed by atoms with Gasteiger partial charge in [-0.05, 0) is 18.2 Å². The molecule has 0 aliphatic carbocycles. The summed E-state index contributed by atoms with van der Waals surface area (Å²) < 4.78 is 17.4. The van der Waals surface area contributed by atoms with Crippen LogP contribution in [0.1, 0.15) is 0 Å². The van der Waals surface area contributed by atoms with E-state index in [-0.39, 0.29) is 18.8 Å². The number of hydrogen-bond acceptors (Lipinski definition) is 6. The summed E-state index contributed by atoms with van der Waals surface area (Å²) in [5.41, 5.74) is 2.72. The van der Waals surface area contributed by atoms with Crippen molar-refractivity contribution in [3.05, 3.63) is 55.0 Å². The van der Waals surface area contributed by atoms with Crippen LogP contribution in [-0.4, -0.2) is 36.2 Å². The Morgan fingerprint density at radius 2 is 2.23 bits per heavy atom. The predicted molar refractivity (Wildman–Crippen MR) is 97.2 cm³/mol. The fraction of sp³-hybridized carbons (Fsp3) is 0.167. The highest BCUT2D eigenvalue weighted by molar-refractivity contribution is 6.47. The van der Waals surface area contributed by atoms with E-state index in [0.29, 0.717) is 17.1 Å². The van der Waals surface area contributed by atoms with Gasteiger partial charge in [-0.2, -0.15) is 0 Å². The van der Waals surface area contributed by atoms with Gasteiger partial charge in [0.05, 0.1) is 29.5 Å². The second-order valence-corrected chi connectivity index (χ2v) is 5.67. The van der Waals surface area contributed by atoms with E-state index < -0.39 is 6.67 Å². The van der Waals surface area contributed by atoms with Crippen molar-refractivity contribution in [3.63, 3.8) is 0 Å². The molecule has 0 fully saturated rings. The van der Waals surface area contributed by atoms with Crippen molar-refractivity contribution in [3.8, 4) is 5.75 Å². The Bertz CT molecular complexity index is 899. The van der Waals surface area contributed by atoms with Gasteiger partial charge in [0, 0.05) is 12.3 Å². The minimum Gasteiger partial charge on any atom is -0.489 e. The predicted octanol–water partition coefficient (Wildman–Crippen LogP) is 2.55. The number of hydrogen-bond donors (Lipinski definition) is 2. The molecular weight excluding hydrogens is 337 g/mol. The molecule has 2 aromatic rings. The number of anilines is 3. The first-order chi connectivity index (χ1) is 12.7. The number of alkyl halides is 1. The molecular formula is C18H16FN5O2. The molecule has 0 saturated heterocycles. The van der Waals surface area contributed by atoms with E-state index in [1.54, 1.807) is 12.1 Å². The zero-order valence-corrected chi connectivity index (χ0v) is 13.7. The first kappa shape index (κ1) is 16.1. The fourth-order valence-electron chi connectivity index (χ4n) is 2.80. The van der Waals surface area contributed by atoms with E-state index in [0.717, 1.165) is 11.4 Å². The summed E-state index contributed by atoms with van der Waals surface area (Å²) in [5, 5.41) is 5.98. The van der Waals surface area contributed by atoms with Crippen LogP contribution in [0.5, 0.6) is 5.75 Å². The molecule has 7 nitrogen and oxygen atoms in total. The second-order valence-electron chi connectivity index (χ2n) is 5.67. The van der Waals surface area contributed by atoms with E-state index in [2.05, 4.69) is 20.6 Å². The lowest BCUT2D eigenvalue weighted by Crippen LogP contribution is -2.36. The van der Waals surface area contributed by atoms with Crippen molar-refractivity contribution < 1.29 is 13.9 Å². The van der Waals surface area contributed by atoms with Crippen molar-refractivity contribution in [2.45, 2.75) is 6.29 Å². The Kier molecular flexibility index (Phi) is 4.22. The number of nitrogens with one attached hydrogen (secondary N) is 2. The largest absolute Gasteiger partial charge is 0.489 e. The Balaban J connectivity index is 1.46. The van der Waals surface area contributed by atoms with Crippen LogP contribution in [0.25, 0.3) is 0 Å². The average molecular weight is 353 g/mol. The van der Waals surface area contributed by atoms with Gasteiger partial charge in [0.15, 0.2) is 0 Å². The monoisotopic (exact) mass is 353 g/mol. The summed E-state index contributed by atoms with van der Waals surface area (Å²) in [6.07, 6.45) is 6.08. The second kappa shape index (κ2) is 6.83. The molecule has 1 atom stereocenters. The van der Waals surface area contributed by atoms with Crippen LogP contribution >= 0.6 is 0 Å². The van der Waals surface area contributed by atoms with Gasteiger partial charge in [-0.3, -0.25) is 9.78 Å². The Morgan fingerprint density at radius 3 is 3.12 bits per heavy atom. The highest BCUT2D eigenvalue weighted by atomic mass is 19.1. The third kappa shape index (κ3) is 3.08. The van der Waals surface area contributed by atoms with Gasteiger partial charge < -0.3 is 20.3 Å². The molecule has 26 heavy (non-hydrogen) atoms. The Hall–Kier alpha value is -3.42. The minimum absolute atomic E-state index is 0.0573. The van der Waals surface area contributed by atoms with E-state index in [9.17, 15) is 9.18 Å². The van der Waals surface area contributed by atoms with E-state index in [1.165, 1.54) is 12.4 Å². The van der Waals surface area contributed by atoms with Crippen LogP contribution in [0, 0.1) is 0 Å². The molecule has 8 heteroatoms. The molecule has 1 amide bonds. The van der Waals surface area contributed by atoms with Crippen LogP contribution in [-0.2, 0) is 4.79 Å². The highest BCUT2D eigenvalue weighted by Gasteiger charge is 2.30. The number of aromatic nitrogens is 1. The van der Waals surface area contributed by atoms with E-state index in [4.69, 9.17) is 4.74 Å². The summed E-state index contributed by atoms with van der Waals surface area (Å²) in [7, 11) is 0. The van der Waals surface area contributed by atoms with Gasteiger partial charge in [0.25, 0.3) is 5.91 Å². The number of ether oxygens (including phenoxy) is 1. The normalized spacial score (nSPS) is 17.0. The van der Waals surface area contributed by atoms with Gasteiger partial charge in [-0.25, -0.2) is 9.38 Å². The van der Waals surface area contributed by atoms with Crippen molar-refractivity contribution in [1.29, 1.82) is 0 Å². The van der Waals surface area contributed by atoms with Crippen molar-refractivity contribution >= 4 is 28.7 Å². The molecule has 2 aliphatic heterocycles. The number of amides is 1. The molecule has 2 N–H and O–H groups in total. The Labute approximate surface area is 149 Å². The summed E-state index contributed by atoms with van der Waals surface area (Å²) in [5.74, 6) is 0.0313. The lowest BCUT2D eigenvalue weighted by atomic mass is 10.2. The summed E-state index contributed by atoms with van der Waals surface area (Å²) >= 11 is 0. The number of halogens is 1. The Morgan fingerprint density at radius 1 is 1.35 bits per heavy atom. The van der Waals surface area contributed by atoms with Crippen LogP contribution < -0.4 is 20.3 Å². The maximum Gasteiger partial charge on any atom is 0.274 e. The number of aliphatic imine (C=N–C) groups is 1. The van der Waals surface area contributed by atoms with Gasteiger partial charge in [0.1, 0.15) is 24.7 Å². The quantitative estimate of drug-likeness (QED) is 0.864. The molecule has 0 spiro atoms. The summed E-state index contributed by atoms with van der Waals surface area (Å²) in [6, 6.07) is 9.43. The third-order valence-electron chi connectivity index (χ3n) is 3.93. The smallest absolute Gasteiger partial charge is 0.274 e. The molecule has 0 radical (unpaired) electrons. The van der Waals surface area contributed by atoms with Crippen molar-refractivity contribution in [2.24, 2.45) is 4.99 Å². The first-order valence-corrected chi connectivity index (χ1v) is 8.10. The maximum atomic E-state index is 12.5. The number of para-hydroxylation sites is 2. The molecule has 2 aliphatic rings. The van der Waals surface area contributed by atoms with Crippen LogP contribution in [0.2, 0.25) is 0 Å². The molecule has 4 rings (SSSR count). The third-order valence-corrected chi connectivity index (χ3v) is 3.93. The molecule has 1 aromatic carbocycles. The lowest BCUT2D eigenvalue weighted by molar-refractivity contribution is -0.110. The van der Waals surface area contributed by atoms with Gasteiger partial charge in [-0.1, -0.05) is 12.1 Å². The fourth-order valence-corrected chi connectivity index (χ4v) is 2.80. The van der Waals surface area contributed by atoms with Crippen molar-refractivity contribution in [1.82, 2.24) is 4.98 Å². The summed E-state index contributed by atoms with van der Waals surface area (Å²) in [4.78, 5) is 22.9. The zero-order valence-electron chi connectivity index (χ0n) is 13.7. The molecule has 1 aromatic heterocycles. The number of fused-ring (bicyclic) bond motifs is 3. The number of carbonyl (C=O) groups is 1. The highest BCUT2D eigenvalue weighted by Crippen LogP contribution is 2.35. The van der Waals surface area contributed by atoms with Crippen molar-refractivity contribution in [2.75, 3.05) is 28.8 Å². The van der Waals surface area contributed by atoms with Gasteiger partial charge >= 0.3 is 0 Å². The van der Waals surface area contributed by atoms with E-state index >= 15 is 0 Å². The molecule has 3 heterocycles. The topological polar surface area (TPSA) is 78.8 Å². The number of rotatable bonds is 5. The number of nitrogens with zero attached hydrogens (tertiary/aromatic N) is 3. The SMILES string of the molecule is O=C(Nc1cncc(OCCF)c1)C1=NC2Nc3ccccc3N2C=C1. The molecule has 0 bridgehead atoms. The lowest BCUT2D eigenvalue weighted by Gasteiger charge is -2.23. The molecule has 0 saturated carbocycles. The van der Waals surface area contributed by atoms with Crippen LogP contribution in [0.4, 0.5) is 21.5 Å². The molecule has 132 valence electrons.